The Bertz CT molecular complexity index is 1190. The summed E-state index contributed by atoms with van der Waals surface area (Å²) in [5.41, 5.74) is 7.42. The van der Waals surface area contributed by atoms with Crippen molar-refractivity contribution in [3.63, 3.8) is 0 Å². The molecule has 0 atom stereocenters. The second-order valence-electron chi connectivity index (χ2n) is 8.80. The number of aryl methyl sites for hydroxylation is 3. The van der Waals surface area contributed by atoms with E-state index in [1.54, 1.807) is 0 Å². The molecule has 160 valence electrons. The summed E-state index contributed by atoms with van der Waals surface area (Å²) in [6.07, 6.45) is 4.28. The zero-order chi connectivity index (χ0) is 21.5. The van der Waals surface area contributed by atoms with Gasteiger partial charge in [0.2, 0.25) is 0 Å². The molecule has 4 aromatic rings. The zero-order valence-electron chi connectivity index (χ0n) is 18.9. The molecule has 31 heavy (non-hydrogen) atoms. The Kier molecular flexibility index (Phi) is 5.05. The minimum atomic E-state index is 0.634. The fourth-order valence-electron chi connectivity index (χ4n) is 5.04. The summed E-state index contributed by atoms with van der Waals surface area (Å²) in [6, 6.07) is 13.1. The van der Waals surface area contributed by atoms with Crippen molar-refractivity contribution in [2.75, 3.05) is 18.0 Å². The maximum atomic E-state index is 5.44. The van der Waals surface area contributed by atoms with Gasteiger partial charge in [-0.05, 0) is 63.6 Å². The van der Waals surface area contributed by atoms with Crippen LogP contribution in [0.4, 0.5) is 5.82 Å². The highest BCUT2D eigenvalue weighted by Gasteiger charge is 2.25. The summed E-state index contributed by atoms with van der Waals surface area (Å²) >= 11 is 0. The number of anilines is 1. The molecular formula is C26H30N4O. The van der Waals surface area contributed by atoms with Gasteiger partial charge in [-0.15, -0.1) is 0 Å². The SMILES string of the molecule is Cc1noc(C)c1Cn1c(C)c(C)c2ccnc(N3CCC(c4ccccc4)CC3)c21. The van der Waals surface area contributed by atoms with Crippen LogP contribution in [0, 0.1) is 27.7 Å². The maximum absolute atomic E-state index is 5.44. The summed E-state index contributed by atoms with van der Waals surface area (Å²) < 4.78 is 7.84. The van der Waals surface area contributed by atoms with E-state index in [1.165, 1.54) is 27.7 Å². The third kappa shape index (κ3) is 3.42. The van der Waals surface area contributed by atoms with Crippen molar-refractivity contribution in [1.29, 1.82) is 0 Å². The van der Waals surface area contributed by atoms with Gasteiger partial charge in [-0.25, -0.2) is 4.98 Å². The first-order valence-corrected chi connectivity index (χ1v) is 11.2. The number of aromatic nitrogens is 3. The van der Waals surface area contributed by atoms with Gasteiger partial charge in [0.1, 0.15) is 5.76 Å². The maximum Gasteiger partial charge on any atom is 0.153 e. The fraction of sp³-hybridized carbons (Fsp3) is 0.385. The molecule has 1 aliphatic heterocycles. The molecule has 0 aliphatic carbocycles. The predicted octanol–water partition coefficient (Wildman–Crippen LogP) is 5.69. The lowest BCUT2D eigenvalue weighted by atomic mass is 9.89. The van der Waals surface area contributed by atoms with E-state index in [0.29, 0.717) is 5.92 Å². The highest BCUT2D eigenvalue weighted by Crippen LogP contribution is 2.36. The molecule has 0 radical (unpaired) electrons. The van der Waals surface area contributed by atoms with E-state index in [4.69, 9.17) is 9.51 Å². The number of hydrogen-bond acceptors (Lipinski definition) is 4. The Morgan fingerprint density at radius 1 is 1.00 bits per heavy atom. The first kappa shape index (κ1) is 19.9. The van der Waals surface area contributed by atoms with Crippen LogP contribution in [0.15, 0.2) is 47.1 Å². The summed E-state index contributed by atoms with van der Waals surface area (Å²) in [5, 5.41) is 5.46. The van der Waals surface area contributed by atoms with Crippen LogP contribution >= 0.6 is 0 Å². The standard InChI is InChI=1S/C26H30N4O/c1-17-19(3)30(16-24-18(2)28-31-20(24)4)25-23(17)10-13-27-26(25)29-14-11-22(12-15-29)21-8-6-5-7-9-21/h5-10,13,22H,11-12,14-16H2,1-4H3. The normalized spacial score (nSPS) is 15.2. The van der Waals surface area contributed by atoms with Gasteiger partial charge in [-0.3, -0.25) is 0 Å². The van der Waals surface area contributed by atoms with Crippen LogP contribution in [0.2, 0.25) is 0 Å². The molecule has 3 aromatic heterocycles. The van der Waals surface area contributed by atoms with Crippen LogP contribution in [0.1, 0.15) is 52.6 Å². The monoisotopic (exact) mass is 414 g/mol. The van der Waals surface area contributed by atoms with Gasteiger partial charge in [0.05, 0.1) is 17.8 Å². The summed E-state index contributed by atoms with van der Waals surface area (Å²) in [5.74, 6) is 2.63. The van der Waals surface area contributed by atoms with Gasteiger partial charge in [0.15, 0.2) is 5.82 Å². The number of pyridine rings is 1. The molecule has 5 nitrogen and oxygen atoms in total. The van der Waals surface area contributed by atoms with Crippen molar-refractivity contribution in [1.82, 2.24) is 14.7 Å². The van der Waals surface area contributed by atoms with Crippen molar-refractivity contribution in [2.24, 2.45) is 0 Å². The minimum absolute atomic E-state index is 0.634. The van der Waals surface area contributed by atoms with Gasteiger partial charge in [0, 0.05) is 35.9 Å². The van der Waals surface area contributed by atoms with E-state index >= 15 is 0 Å². The fourth-order valence-corrected chi connectivity index (χ4v) is 5.04. The lowest BCUT2D eigenvalue weighted by Gasteiger charge is -2.33. The van der Waals surface area contributed by atoms with Crippen LogP contribution in [0.25, 0.3) is 10.9 Å². The van der Waals surface area contributed by atoms with Crippen LogP contribution in [0.3, 0.4) is 0 Å². The van der Waals surface area contributed by atoms with E-state index in [2.05, 4.69) is 64.9 Å². The number of nitrogens with zero attached hydrogens (tertiary/aromatic N) is 4. The van der Waals surface area contributed by atoms with Crippen molar-refractivity contribution in [3.8, 4) is 0 Å². The van der Waals surface area contributed by atoms with Crippen molar-refractivity contribution in [3.05, 3.63) is 76.4 Å². The molecule has 5 heteroatoms. The van der Waals surface area contributed by atoms with Gasteiger partial charge < -0.3 is 14.0 Å². The predicted molar refractivity (Wildman–Crippen MR) is 125 cm³/mol. The molecule has 0 amide bonds. The molecule has 1 aliphatic rings. The number of fused-ring (bicyclic) bond motifs is 1. The van der Waals surface area contributed by atoms with E-state index in [9.17, 15) is 0 Å². The Hall–Kier alpha value is -3.08. The van der Waals surface area contributed by atoms with Crippen LogP contribution < -0.4 is 4.90 Å². The third-order valence-electron chi connectivity index (χ3n) is 7.09. The quantitative estimate of drug-likeness (QED) is 0.430. The van der Waals surface area contributed by atoms with Crippen molar-refractivity contribution in [2.45, 2.75) is 53.0 Å². The summed E-state index contributed by atoms with van der Waals surface area (Å²) in [4.78, 5) is 7.36. The minimum Gasteiger partial charge on any atom is -0.361 e. The molecule has 5 rings (SSSR count). The van der Waals surface area contributed by atoms with E-state index in [0.717, 1.165) is 55.3 Å². The molecular weight excluding hydrogens is 384 g/mol. The van der Waals surface area contributed by atoms with Crippen LogP contribution in [0.5, 0.6) is 0 Å². The second-order valence-corrected chi connectivity index (χ2v) is 8.80. The van der Waals surface area contributed by atoms with Crippen LogP contribution in [-0.4, -0.2) is 27.8 Å². The van der Waals surface area contributed by atoms with E-state index in [-0.39, 0.29) is 0 Å². The van der Waals surface area contributed by atoms with Gasteiger partial charge in [-0.1, -0.05) is 35.5 Å². The first-order valence-electron chi connectivity index (χ1n) is 11.2. The lowest BCUT2D eigenvalue weighted by molar-refractivity contribution is 0.392. The Morgan fingerprint density at radius 3 is 2.42 bits per heavy atom. The van der Waals surface area contributed by atoms with Crippen molar-refractivity contribution >= 4 is 16.7 Å². The van der Waals surface area contributed by atoms with Gasteiger partial charge in [0.25, 0.3) is 0 Å². The molecule has 0 spiro atoms. The number of hydrogen-bond donors (Lipinski definition) is 0. The number of rotatable bonds is 4. The van der Waals surface area contributed by atoms with E-state index in [1.807, 2.05) is 20.0 Å². The first-order chi connectivity index (χ1) is 15.0. The smallest absolute Gasteiger partial charge is 0.153 e. The Labute approximate surface area is 183 Å². The zero-order valence-corrected chi connectivity index (χ0v) is 18.9. The molecule has 0 unspecified atom stereocenters. The lowest BCUT2D eigenvalue weighted by Crippen LogP contribution is -2.33. The molecule has 1 fully saturated rings. The highest BCUT2D eigenvalue weighted by atomic mass is 16.5. The highest BCUT2D eigenvalue weighted by molar-refractivity contribution is 5.93. The number of piperidine rings is 1. The molecule has 0 saturated carbocycles. The van der Waals surface area contributed by atoms with Gasteiger partial charge >= 0.3 is 0 Å². The average Bonchev–Trinajstić information content (AvgIpc) is 3.26. The largest absolute Gasteiger partial charge is 0.361 e. The third-order valence-corrected chi connectivity index (χ3v) is 7.09. The Morgan fingerprint density at radius 2 is 1.74 bits per heavy atom. The average molecular weight is 415 g/mol. The molecule has 0 bridgehead atoms. The van der Waals surface area contributed by atoms with E-state index < -0.39 is 0 Å². The molecule has 1 aromatic carbocycles. The van der Waals surface area contributed by atoms with Crippen molar-refractivity contribution < 1.29 is 4.52 Å². The summed E-state index contributed by atoms with van der Waals surface area (Å²) in [6.45, 7) is 11.3. The number of benzene rings is 1. The van der Waals surface area contributed by atoms with Gasteiger partial charge in [-0.2, -0.15) is 0 Å². The molecule has 1 saturated heterocycles. The second kappa shape index (κ2) is 7.88. The van der Waals surface area contributed by atoms with Crippen LogP contribution in [-0.2, 0) is 6.54 Å². The topological polar surface area (TPSA) is 47.1 Å². The molecule has 4 heterocycles. The summed E-state index contributed by atoms with van der Waals surface area (Å²) in [7, 11) is 0. The Balaban J connectivity index is 1.51. The molecule has 0 N–H and O–H groups in total.